The maximum Gasteiger partial charge on any atom is 0.244 e. The standard InChI is InChI=1S/C25H31N5O2.CH5N.CH2O/c1-18-14-30-24(21-5-6-21)13-23(18)22(8-11-28-19(2)15-27-17-31)12-25(32)29-10-7-20-4-3-9-26-16-20;2*1-2/h3-4,8-9,11-14,16-17,19,21,28H,5-7,10,15H2,1-2H3,(H,27,31)(H,29,32);2H2,1H3;1H2/b11-8+,22-12+;;. The monoisotopic (exact) mass is 494 g/mol. The predicted octanol–water partition coefficient (Wildman–Crippen LogP) is 2.03. The molecule has 5 N–H and O–H groups in total. The molecule has 2 heterocycles. The van der Waals surface area contributed by atoms with E-state index >= 15 is 0 Å². The van der Waals surface area contributed by atoms with E-state index in [1.165, 1.54) is 19.9 Å². The summed E-state index contributed by atoms with van der Waals surface area (Å²) in [4.78, 5) is 39.8. The molecule has 2 amide bonds. The van der Waals surface area contributed by atoms with Gasteiger partial charge < -0.3 is 26.5 Å². The number of pyridine rings is 2. The van der Waals surface area contributed by atoms with Crippen molar-refractivity contribution in [2.24, 2.45) is 5.73 Å². The number of nitrogens with zero attached hydrogens (tertiary/aromatic N) is 2. The molecule has 1 saturated carbocycles. The largest absolute Gasteiger partial charge is 0.387 e. The molecule has 1 aliphatic rings. The number of amides is 2. The molecule has 2 aromatic heterocycles. The van der Waals surface area contributed by atoms with Crippen molar-refractivity contribution in [3.05, 3.63) is 77.5 Å². The van der Waals surface area contributed by atoms with Gasteiger partial charge in [-0.15, -0.1) is 0 Å². The van der Waals surface area contributed by atoms with Gasteiger partial charge in [0.1, 0.15) is 6.79 Å². The normalized spacial score (nSPS) is 13.4. The van der Waals surface area contributed by atoms with E-state index < -0.39 is 0 Å². The lowest BCUT2D eigenvalue weighted by Gasteiger charge is -2.12. The molecule has 0 saturated heterocycles. The van der Waals surface area contributed by atoms with Crippen LogP contribution in [0.2, 0.25) is 0 Å². The minimum atomic E-state index is -0.145. The van der Waals surface area contributed by atoms with E-state index in [1.54, 1.807) is 12.3 Å². The Bertz CT molecular complexity index is 990. The number of aromatic nitrogens is 2. The first-order chi connectivity index (χ1) is 17.6. The highest BCUT2D eigenvalue weighted by Gasteiger charge is 2.25. The highest BCUT2D eigenvalue weighted by molar-refractivity contribution is 5.97. The van der Waals surface area contributed by atoms with Crippen LogP contribution in [0.4, 0.5) is 0 Å². The molecular weight excluding hydrogens is 456 g/mol. The molecule has 1 unspecified atom stereocenters. The third-order valence-corrected chi connectivity index (χ3v) is 5.30. The van der Waals surface area contributed by atoms with Crippen LogP contribution in [0.1, 0.15) is 48.1 Å². The molecule has 0 bridgehead atoms. The van der Waals surface area contributed by atoms with Crippen LogP contribution in [0.5, 0.6) is 0 Å². The van der Waals surface area contributed by atoms with Gasteiger partial charge in [-0.05, 0) is 86.8 Å². The van der Waals surface area contributed by atoms with Crippen LogP contribution in [0.15, 0.2) is 55.1 Å². The molecule has 0 spiro atoms. The first-order valence-electron chi connectivity index (χ1n) is 11.9. The van der Waals surface area contributed by atoms with Crippen LogP contribution >= 0.6 is 0 Å². The number of aryl methyl sites for hydroxylation is 1. The zero-order valence-electron chi connectivity index (χ0n) is 21.4. The lowest BCUT2D eigenvalue weighted by Crippen LogP contribution is -2.32. The molecule has 9 heteroatoms. The van der Waals surface area contributed by atoms with Crippen molar-refractivity contribution in [3.63, 3.8) is 0 Å². The molecule has 194 valence electrons. The molecule has 0 aromatic carbocycles. The third-order valence-electron chi connectivity index (χ3n) is 5.30. The summed E-state index contributed by atoms with van der Waals surface area (Å²) in [7, 11) is 1.50. The second-order valence-corrected chi connectivity index (χ2v) is 8.13. The summed E-state index contributed by atoms with van der Waals surface area (Å²) in [6.07, 6.45) is 14.5. The summed E-state index contributed by atoms with van der Waals surface area (Å²) in [5, 5.41) is 8.85. The highest BCUT2D eigenvalue weighted by Crippen LogP contribution is 2.40. The van der Waals surface area contributed by atoms with E-state index in [-0.39, 0.29) is 11.9 Å². The van der Waals surface area contributed by atoms with Crippen LogP contribution < -0.4 is 21.7 Å². The fourth-order valence-electron chi connectivity index (χ4n) is 3.32. The maximum absolute atomic E-state index is 12.7. The Kier molecular flexibility index (Phi) is 14.7. The van der Waals surface area contributed by atoms with Gasteiger partial charge in [0.15, 0.2) is 0 Å². The van der Waals surface area contributed by atoms with Crippen LogP contribution in [0.25, 0.3) is 5.57 Å². The number of carbonyl (C=O) groups is 3. The predicted molar refractivity (Wildman–Crippen MR) is 143 cm³/mol. The van der Waals surface area contributed by atoms with Gasteiger partial charge in [-0.2, -0.15) is 0 Å². The molecule has 2 aromatic rings. The molecule has 9 nitrogen and oxygen atoms in total. The number of hydrogen-bond acceptors (Lipinski definition) is 7. The van der Waals surface area contributed by atoms with E-state index in [2.05, 4.69) is 37.7 Å². The highest BCUT2D eigenvalue weighted by atomic mass is 16.1. The van der Waals surface area contributed by atoms with E-state index in [1.807, 2.05) is 57.4 Å². The van der Waals surface area contributed by atoms with Gasteiger partial charge in [-0.25, -0.2) is 0 Å². The molecule has 1 fully saturated rings. The van der Waals surface area contributed by atoms with Crippen molar-refractivity contribution < 1.29 is 14.4 Å². The lowest BCUT2D eigenvalue weighted by atomic mass is 9.99. The average molecular weight is 495 g/mol. The number of carbonyl (C=O) groups excluding carboxylic acids is 3. The lowest BCUT2D eigenvalue weighted by molar-refractivity contribution is -0.116. The first-order valence-corrected chi connectivity index (χ1v) is 11.9. The second-order valence-electron chi connectivity index (χ2n) is 8.13. The summed E-state index contributed by atoms with van der Waals surface area (Å²) in [5.74, 6) is 0.383. The number of allylic oxidation sites excluding steroid dienone is 2. The second kappa shape index (κ2) is 17.6. The van der Waals surface area contributed by atoms with Crippen molar-refractivity contribution >= 4 is 24.7 Å². The Hall–Kier alpha value is -3.85. The topological polar surface area (TPSA) is 139 Å². The molecule has 3 rings (SSSR count). The summed E-state index contributed by atoms with van der Waals surface area (Å²) < 4.78 is 0. The third kappa shape index (κ3) is 11.1. The fourth-order valence-corrected chi connectivity index (χ4v) is 3.32. The zero-order chi connectivity index (χ0) is 26.8. The molecule has 0 aliphatic heterocycles. The number of hydrogen-bond donors (Lipinski definition) is 4. The smallest absolute Gasteiger partial charge is 0.244 e. The quantitative estimate of drug-likeness (QED) is 0.201. The zero-order valence-corrected chi connectivity index (χ0v) is 21.4. The van der Waals surface area contributed by atoms with Gasteiger partial charge in [-0.3, -0.25) is 19.6 Å². The van der Waals surface area contributed by atoms with E-state index in [0.29, 0.717) is 25.4 Å². The molecular formula is C27H38N6O3. The molecule has 1 atom stereocenters. The van der Waals surface area contributed by atoms with Gasteiger partial charge in [0.25, 0.3) is 0 Å². The summed E-state index contributed by atoms with van der Waals surface area (Å²) in [6.45, 7) is 7.03. The van der Waals surface area contributed by atoms with Crippen molar-refractivity contribution in [2.75, 3.05) is 20.1 Å². The minimum Gasteiger partial charge on any atom is -0.387 e. The van der Waals surface area contributed by atoms with Crippen LogP contribution in [-0.2, 0) is 20.8 Å². The van der Waals surface area contributed by atoms with E-state index in [9.17, 15) is 9.59 Å². The van der Waals surface area contributed by atoms with Crippen LogP contribution in [0.3, 0.4) is 0 Å². The van der Waals surface area contributed by atoms with Crippen molar-refractivity contribution in [2.45, 2.75) is 45.1 Å². The summed E-state index contributed by atoms with van der Waals surface area (Å²) in [5.41, 5.74) is 9.50. The Balaban J connectivity index is 0.00000154. The van der Waals surface area contributed by atoms with E-state index in [4.69, 9.17) is 4.79 Å². The number of rotatable bonds is 12. The van der Waals surface area contributed by atoms with E-state index in [0.717, 1.165) is 34.4 Å². The van der Waals surface area contributed by atoms with Gasteiger partial charge >= 0.3 is 0 Å². The summed E-state index contributed by atoms with van der Waals surface area (Å²) >= 11 is 0. The maximum atomic E-state index is 12.7. The van der Waals surface area contributed by atoms with Gasteiger partial charge in [0.05, 0.1) is 0 Å². The summed E-state index contributed by atoms with van der Waals surface area (Å²) in [6, 6.07) is 6.05. The first kappa shape index (κ1) is 30.2. The molecule has 0 radical (unpaired) electrons. The van der Waals surface area contributed by atoms with Crippen LogP contribution in [0, 0.1) is 6.92 Å². The average Bonchev–Trinajstić information content (AvgIpc) is 3.76. The van der Waals surface area contributed by atoms with Crippen LogP contribution in [-0.4, -0.2) is 55.3 Å². The fraction of sp³-hybridized carbons (Fsp3) is 0.370. The SMILES string of the molecule is C=O.CN.Cc1cnc(C2CC2)cc1C(/C=C/NC(C)CNC=O)=C/C(=O)NCCc1cccnc1. The van der Waals surface area contributed by atoms with Crippen molar-refractivity contribution in [1.82, 2.24) is 25.9 Å². The Morgan fingerprint density at radius 1 is 1.28 bits per heavy atom. The molecule has 36 heavy (non-hydrogen) atoms. The van der Waals surface area contributed by atoms with Gasteiger partial charge in [-0.1, -0.05) is 6.07 Å². The number of nitrogens with two attached hydrogens (primary N) is 1. The Morgan fingerprint density at radius 2 is 2.03 bits per heavy atom. The Labute approximate surface area is 213 Å². The molecule has 1 aliphatic carbocycles. The van der Waals surface area contributed by atoms with Crippen molar-refractivity contribution in [1.29, 1.82) is 0 Å². The van der Waals surface area contributed by atoms with Crippen molar-refractivity contribution in [3.8, 4) is 0 Å². The van der Waals surface area contributed by atoms with Gasteiger partial charge in [0.2, 0.25) is 12.3 Å². The van der Waals surface area contributed by atoms with Gasteiger partial charge in [0, 0.05) is 55.4 Å². The minimum absolute atomic E-state index is 0.0616. The Morgan fingerprint density at radius 3 is 2.67 bits per heavy atom. The number of nitrogens with one attached hydrogen (secondary N) is 3.